The van der Waals surface area contributed by atoms with E-state index in [-0.39, 0.29) is 0 Å². The molecule has 0 amide bonds. The Bertz CT molecular complexity index is 2590. The van der Waals surface area contributed by atoms with Gasteiger partial charge in [-0.2, -0.15) is 4.57 Å². The van der Waals surface area contributed by atoms with Gasteiger partial charge in [-0.05, 0) is 83.0 Å². The Morgan fingerprint density at radius 3 is 1.87 bits per heavy atom. The summed E-state index contributed by atoms with van der Waals surface area (Å²) in [5.41, 5.74) is 15.4. The van der Waals surface area contributed by atoms with Gasteiger partial charge < -0.3 is 4.42 Å². The number of furan rings is 1. The minimum Gasteiger partial charge on any atom is -0.455 e. The number of fused-ring (bicyclic) bond motifs is 4. The van der Waals surface area contributed by atoms with Crippen LogP contribution in [0.4, 0.5) is 0 Å². The van der Waals surface area contributed by atoms with E-state index in [4.69, 9.17) is 4.42 Å². The molecule has 8 rings (SSSR count). The first-order chi connectivity index (χ1) is 24.9. The van der Waals surface area contributed by atoms with Crippen molar-refractivity contribution in [1.29, 1.82) is 0 Å². The maximum Gasteiger partial charge on any atom is 0.299 e. The highest BCUT2D eigenvalue weighted by Gasteiger charge is 2.34. The molecule has 52 heavy (non-hydrogen) atoms. The van der Waals surface area contributed by atoms with Crippen molar-refractivity contribution < 1.29 is 8.98 Å². The second kappa shape index (κ2) is 12.8. The summed E-state index contributed by atoms with van der Waals surface area (Å²) in [6, 6.07) is 44.8. The van der Waals surface area contributed by atoms with Gasteiger partial charge in [0.15, 0.2) is 16.6 Å². The summed E-state index contributed by atoms with van der Waals surface area (Å²) < 4.78 is 11.9. The van der Waals surface area contributed by atoms with Crippen LogP contribution in [0.5, 0.6) is 0 Å². The molecule has 0 aliphatic heterocycles. The number of aromatic nitrogens is 2. The van der Waals surface area contributed by atoms with Gasteiger partial charge in [-0.3, -0.25) is 0 Å². The Kier molecular flexibility index (Phi) is 8.34. The smallest absolute Gasteiger partial charge is 0.299 e. The van der Waals surface area contributed by atoms with E-state index < -0.39 is 8.07 Å². The lowest BCUT2D eigenvalue weighted by atomic mass is 9.88. The average molecular weight is 698 g/mol. The van der Waals surface area contributed by atoms with Crippen LogP contribution in [0.25, 0.3) is 72.3 Å². The van der Waals surface area contributed by atoms with Crippen molar-refractivity contribution in [3.63, 3.8) is 0 Å². The third-order valence-corrected chi connectivity index (χ3v) is 13.0. The third-order valence-electron chi connectivity index (χ3n) is 10.9. The standard InChI is InChI=1S/C48H49N2OSi/c1-30(2)40-27-36(34-20-23-37(24-21-34)52(7,8)9)28-41(31(3)4)46(40)50-43-18-14-13-17-42(43)49(6)48(50)45-32(5)19-25-39-38-26-22-35(29-44(38)51-47(39)45)33-15-11-10-12-16-33/h10-31H,1-9H3/q+1. The van der Waals surface area contributed by atoms with Gasteiger partial charge in [-0.25, -0.2) is 4.57 Å². The molecule has 2 heterocycles. The minimum atomic E-state index is -1.40. The fourth-order valence-corrected chi connectivity index (χ4v) is 9.16. The van der Waals surface area contributed by atoms with Crippen molar-refractivity contribution in [1.82, 2.24) is 4.57 Å². The van der Waals surface area contributed by atoms with Crippen molar-refractivity contribution in [2.45, 2.75) is 66.1 Å². The van der Waals surface area contributed by atoms with Crippen LogP contribution in [0.3, 0.4) is 0 Å². The van der Waals surface area contributed by atoms with E-state index in [1.165, 1.54) is 55.3 Å². The molecule has 0 radical (unpaired) electrons. The van der Waals surface area contributed by atoms with E-state index in [0.29, 0.717) is 11.8 Å². The lowest BCUT2D eigenvalue weighted by Gasteiger charge is -2.21. The number of aryl methyl sites for hydroxylation is 2. The molecule has 0 aliphatic rings. The van der Waals surface area contributed by atoms with Crippen LogP contribution in [0.1, 0.15) is 56.2 Å². The van der Waals surface area contributed by atoms with Crippen molar-refractivity contribution in [2.24, 2.45) is 7.05 Å². The molecule has 0 unspecified atom stereocenters. The van der Waals surface area contributed by atoms with Gasteiger partial charge in [0.25, 0.3) is 5.82 Å². The zero-order valence-corrected chi connectivity index (χ0v) is 33.0. The fraction of sp³-hybridized carbons (Fsp3) is 0.229. The summed E-state index contributed by atoms with van der Waals surface area (Å²) in [5, 5.41) is 3.76. The number of para-hydroxylation sites is 2. The average Bonchev–Trinajstić information content (AvgIpc) is 3.65. The summed E-state index contributed by atoms with van der Waals surface area (Å²) >= 11 is 0. The van der Waals surface area contributed by atoms with E-state index in [0.717, 1.165) is 38.9 Å². The van der Waals surface area contributed by atoms with Crippen LogP contribution < -0.4 is 9.75 Å². The molecule has 0 atom stereocenters. The van der Waals surface area contributed by atoms with E-state index in [9.17, 15) is 0 Å². The Labute approximate surface area is 309 Å². The zero-order valence-electron chi connectivity index (χ0n) is 32.0. The first-order valence-electron chi connectivity index (χ1n) is 18.7. The lowest BCUT2D eigenvalue weighted by molar-refractivity contribution is -0.633. The molecule has 8 aromatic rings. The van der Waals surface area contributed by atoms with Gasteiger partial charge in [0.1, 0.15) is 16.8 Å². The van der Waals surface area contributed by atoms with Crippen LogP contribution in [0.15, 0.2) is 126 Å². The third kappa shape index (κ3) is 5.61. The van der Waals surface area contributed by atoms with Crippen molar-refractivity contribution in [2.75, 3.05) is 0 Å². The molecule has 0 saturated heterocycles. The van der Waals surface area contributed by atoms with Crippen molar-refractivity contribution >= 4 is 46.2 Å². The van der Waals surface area contributed by atoms with Gasteiger partial charge in [0, 0.05) is 21.9 Å². The zero-order chi connectivity index (χ0) is 36.5. The number of imidazole rings is 1. The first kappa shape index (κ1) is 33.9. The molecule has 2 aromatic heterocycles. The van der Waals surface area contributed by atoms with Crippen LogP contribution in [-0.4, -0.2) is 12.6 Å². The maximum atomic E-state index is 6.96. The van der Waals surface area contributed by atoms with Gasteiger partial charge in [0.2, 0.25) is 0 Å². The van der Waals surface area contributed by atoms with Crippen molar-refractivity contribution in [3.05, 3.63) is 138 Å². The van der Waals surface area contributed by atoms with Gasteiger partial charge in [-0.1, -0.05) is 137 Å². The summed E-state index contributed by atoms with van der Waals surface area (Å²) in [6.07, 6.45) is 0. The minimum absolute atomic E-state index is 0.299. The summed E-state index contributed by atoms with van der Waals surface area (Å²) in [5.74, 6) is 1.72. The summed E-state index contributed by atoms with van der Waals surface area (Å²) in [7, 11) is 0.812. The highest BCUT2D eigenvalue weighted by atomic mass is 28.3. The molecule has 3 nitrogen and oxygen atoms in total. The molecule has 0 spiro atoms. The highest BCUT2D eigenvalue weighted by Crippen LogP contribution is 2.43. The molecule has 260 valence electrons. The largest absolute Gasteiger partial charge is 0.455 e. The molecule has 0 aliphatic carbocycles. The molecular formula is C48H49N2OSi+. The topological polar surface area (TPSA) is 21.9 Å². The number of rotatable bonds is 7. The number of hydrogen-bond donors (Lipinski definition) is 0. The van der Waals surface area contributed by atoms with E-state index in [1.54, 1.807) is 0 Å². The second-order valence-electron chi connectivity index (χ2n) is 16.2. The Balaban J connectivity index is 1.42. The molecule has 0 bridgehead atoms. The number of benzene rings is 6. The first-order valence-corrected chi connectivity index (χ1v) is 22.2. The quantitative estimate of drug-likeness (QED) is 0.120. The Morgan fingerprint density at radius 2 is 1.21 bits per heavy atom. The predicted octanol–water partition coefficient (Wildman–Crippen LogP) is 12.5. The molecule has 0 fully saturated rings. The monoisotopic (exact) mass is 697 g/mol. The predicted molar refractivity (Wildman–Crippen MR) is 224 cm³/mol. The van der Waals surface area contributed by atoms with Crippen LogP contribution >= 0.6 is 0 Å². The van der Waals surface area contributed by atoms with E-state index >= 15 is 0 Å². The molecule has 0 N–H and O–H groups in total. The Hall–Kier alpha value is -5.19. The van der Waals surface area contributed by atoms with Crippen LogP contribution in [0.2, 0.25) is 19.6 Å². The molecule has 6 aromatic carbocycles. The fourth-order valence-electron chi connectivity index (χ4n) is 8.00. The van der Waals surface area contributed by atoms with E-state index in [1.807, 2.05) is 0 Å². The van der Waals surface area contributed by atoms with E-state index in [2.05, 4.69) is 192 Å². The van der Waals surface area contributed by atoms with Crippen LogP contribution in [0, 0.1) is 6.92 Å². The lowest BCUT2D eigenvalue weighted by Crippen LogP contribution is -2.37. The van der Waals surface area contributed by atoms with Crippen molar-refractivity contribution in [3.8, 4) is 39.3 Å². The normalized spacial score (nSPS) is 12.3. The Morgan fingerprint density at radius 1 is 0.615 bits per heavy atom. The summed E-state index contributed by atoms with van der Waals surface area (Å²) in [6.45, 7) is 18.8. The second-order valence-corrected chi connectivity index (χ2v) is 21.2. The SMILES string of the molecule is Cc1ccc2c(oc3cc(-c4ccccc4)ccc32)c1-c1n(-c2c(C(C)C)cc(-c3ccc([Si](C)(C)C)cc3)cc2C(C)C)c2ccccc2[n+]1C. The molecule has 0 saturated carbocycles. The molecule has 4 heteroatoms. The van der Waals surface area contributed by atoms with Gasteiger partial charge in [0.05, 0.1) is 15.1 Å². The summed E-state index contributed by atoms with van der Waals surface area (Å²) in [4.78, 5) is 0. The molecular weight excluding hydrogens is 649 g/mol. The number of nitrogens with zero attached hydrogens (tertiary/aromatic N) is 2. The van der Waals surface area contributed by atoms with Gasteiger partial charge >= 0.3 is 0 Å². The highest BCUT2D eigenvalue weighted by molar-refractivity contribution is 6.88. The maximum absolute atomic E-state index is 6.96. The van der Waals surface area contributed by atoms with Crippen LogP contribution in [-0.2, 0) is 7.05 Å². The number of hydrogen-bond acceptors (Lipinski definition) is 1. The van der Waals surface area contributed by atoms with Gasteiger partial charge in [-0.15, -0.1) is 0 Å².